The molecular formula is C14H19N5S. The summed E-state index contributed by atoms with van der Waals surface area (Å²) in [7, 11) is 2.19. The zero-order valence-electron chi connectivity index (χ0n) is 11.6. The summed E-state index contributed by atoms with van der Waals surface area (Å²) in [6.45, 7) is 3.25. The van der Waals surface area contributed by atoms with Crippen molar-refractivity contribution in [3.8, 4) is 11.4 Å². The predicted molar refractivity (Wildman–Crippen MR) is 80.9 cm³/mol. The van der Waals surface area contributed by atoms with Gasteiger partial charge in [-0.2, -0.15) is 5.10 Å². The van der Waals surface area contributed by atoms with E-state index >= 15 is 0 Å². The second-order valence-electron chi connectivity index (χ2n) is 5.47. The van der Waals surface area contributed by atoms with Gasteiger partial charge in [0, 0.05) is 31.0 Å². The van der Waals surface area contributed by atoms with Crippen LogP contribution in [0.1, 0.15) is 12.8 Å². The molecule has 6 heteroatoms. The fourth-order valence-corrected chi connectivity index (χ4v) is 3.10. The van der Waals surface area contributed by atoms with Crippen molar-refractivity contribution in [2.45, 2.75) is 19.4 Å². The molecule has 1 unspecified atom stereocenters. The van der Waals surface area contributed by atoms with Crippen molar-refractivity contribution in [3.05, 3.63) is 29.3 Å². The Morgan fingerprint density at radius 2 is 2.20 bits per heavy atom. The lowest BCUT2D eigenvalue weighted by Gasteiger charge is -2.30. The minimum atomic E-state index is 0.638. The highest BCUT2D eigenvalue weighted by Crippen LogP contribution is 2.21. The summed E-state index contributed by atoms with van der Waals surface area (Å²) < 4.78 is 2.82. The molecule has 0 aliphatic carbocycles. The van der Waals surface area contributed by atoms with Crippen LogP contribution in [0.2, 0.25) is 0 Å². The van der Waals surface area contributed by atoms with Gasteiger partial charge in [0.2, 0.25) is 0 Å². The number of H-pyrrole nitrogens is 1. The first-order valence-corrected chi connectivity index (χ1v) is 7.39. The Hall–Kier alpha value is -1.53. The molecular weight excluding hydrogens is 270 g/mol. The highest BCUT2D eigenvalue weighted by atomic mass is 32.1. The first-order valence-electron chi connectivity index (χ1n) is 6.98. The van der Waals surface area contributed by atoms with Crippen molar-refractivity contribution >= 4 is 12.2 Å². The molecule has 0 amide bonds. The van der Waals surface area contributed by atoms with Gasteiger partial charge in [-0.1, -0.05) is 0 Å². The molecule has 2 aromatic rings. The normalized spacial score (nSPS) is 20.1. The highest BCUT2D eigenvalue weighted by molar-refractivity contribution is 7.71. The number of rotatable bonds is 3. The lowest BCUT2D eigenvalue weighted by Crippen LogP contribution is -2.34. The van der Waals surface area contributed by atoms with Crippen molar-refractivity contribution in [3.63, 3.8) is 0 Å². The Bertz CT molecular complexity index is 618. The third-order valence-electron chi connectivity index (χ3n) is 3.86. The zero-order chi connectivity index (χ0) is 13.9. The summed E-state index contributed by atoms with van der Waals surface area (Å²) >= 11 is 5.39. The molecule has 0 saturated carbocycles. The van der Waals surface area contributed by atoms with Crippen LogP contribution in [0.15, 0.2) is 24.5 Å². The lowest BCUT2D eigenvalue weighted by molar-refractivity contribution is 0.194. The number of aromatic nitrogens is 4. The number of pyridine rings is 1. The summed E-state index contributed by atoms with van der Waals surface area (Å²) in [6.07, 6.45) is 6.08. The third kappa shape index (κ3) is 2.81. The van der Waals surface area contributed by atoms with E-state index in [9.17, 15) is 0 Å². The maximum absolute atomic E-state index is 5.39. The quantitative estimate of drug-likeness (QED) is 0.881. The van der Waals surface area contributed by atoms with Gasteiger partial charge in [0.25, 0.3) is 0 Å². The van der Waals surface area contributed by atoms with Crippen LogP contribution < -0.4 is 0 Å². The largest absolute Gasteiger partial charge is 0.306 e. The fraction of sp³-hybridized carbons (Fsp3) is 0.500. The van der Waals surface area contributed by atoms with Crippen LogP contribution in [-0.4, -0.2) is 44.8 Å². The molecule has 1 atom stereocenters. The van der Waals surface area contributed by atoms with E-state index < -0.39 is 0 Å². The number of piperidine rings is 1. The Balaban J connectivity index is 1.86. The number of hydrogen-bond acceptors (Lipinski definition) is 4. The first kappa shape index (κ1) is 13.5. The Kier molecular flexibility index (Phi) is 3.93. The third-order valence-corrected chi connectivity index (χ3v) is 4.17. The molecule has 1 aliphatic heterocycles. The van der Waals surface area contributed by atoms with Crippen molar-refractivity contribution in [1.82, 2.24) is 24.6 Å². The highest BCUT2D eigenvalue weighted by Gasteiger charge is 2.19. The number of nitrogens with one attached hydrogen (secondary N) is 1. The van der Waals surface area contributed by atoms with E-state index in [-0.39, 0.29) is 0 Å². The van der Waals surface area contributed by atoms with Crippen LogP contribution in [0.5, 0.6) is 0 Å². The van der Waals surface area contributed by atoms with Gasteiger partial charge in [-0.25, -0.2) is 0 Å². The second kappa shape index (κ2) is 5.85. The van der Waals surface area contributed by atoms with E-state index in [1.165, 1.54) is 19.4 Å². The van der Waals surface area contributed by atoms with Gasteiger partial charge in [0.15, 0.2) is 10.6 Å². The molecule has 0 bridgehead atoms. The molecule has 1 N–H and O–H groups in total. The average molecular weight is 289 g/mol. The second-order valence-corrected chi connectivity index (χ2v) is 5.86. The summed E-state index contributed by atoms with van der Waals surface area (Å²) in [5.74, 6) is 1.55. The van der Waals surface area contributed by atoms with E-state index in [2.05, 4.69) is 31.7 Å². The summed E-state index contributed by atoms with van der Waals surface area (Å²) in [6, 6.07) is 3.93. The molecule has 0 radical (unpaired) electrons. The van der Waals surface area contributed by atoms with E-state index in [0.717, 1.165) is 24.5 Å². The van der Waals surface area contributed by atoms with Gasteiger partial charge in [-0.15, -0.1) is 0 Å². The molecule has 2 aromatic heterocycles. The number of nitrogens with zero attached hydrogens (tertiary/aromatic N) is 4. The van der Waals surface area contributed by atoms with Crippen molar-refractivity contribution in [1.29, 1.82) is 0 Å². The fourth-order valence-electron chi connectivity index (χ4n) is 2.89. The van der Waals surface area contributed by atoms with Gasteiger partial charge >= 0.3 is 0 Å². The van der Waals surface area contributed by atoms with E-state index in [1.54, 1.807) is 12.4 Å². The minimum absolute atomic E-state index is 0.638. The van der Waals surface area contributed by atoms with E-state index in [1.807, 2.05) is 12.1 Å². The molecule has 1 fully saturated rings. The first-order chi connectivity index (χ1) is 9.74. The minimum Gasteiger partial charge on any atom is -0.306 e. The maximum atomic E-state index is 5.39. The predicted octanol–water partition coefficient (Wildman–Crippen LogP) is 2.34. The molecule has 0 spiro atoms. The smallest absolute Gasteiger partial charge is 0.195 e. The number of likely N-dealkylation sites (tertiary alicyclic amines) is 1. The van der Waals surface area contributed by atoms with Gasteiger partial charge in [0.05, 0.1) is 0 Å². The molecule has 3 heterocycles. The van der Waals surface area contributed by atoms with Crippen molar-refractivity contribution in [2.24, 2.45) is 5.92 Å². The maximum Gasteiger partial charge on any atom is 0.195 e. The summed E-state index contributed by atoms with van der Waals surface area (Å²) in [5, 5.41) is 7.29. The lowest BCUT2D eigenvalue weighted by atomic mass is 9.98. The molecule has 3 rings (SSSR count). The molecule has 1 aliphatic rings. The van der Waals surface area contributed by atoms with Gasteiger partial charge < -0.3 is 4.90 Å². The van der Waals surface area contributed by atoms with Crippen molar-refractivity contribution < 1.29 is 0 Å². The van der Waals surface area contributed by atoms with Crippen molar-refractivity contribution in [2.75, 3.05) is 20.1 Å². The van der Waals surface area contributed by atoms with Crippen LogP contribution in [0.4, 0.5) is 0 Å². The SMILES string of the molecule is CN1CCCC(Cn2c(-c3ccncc3)n[nH]c2=S)C1. The van der Waals surface area contributed by atoms with Gasteiger partial charge in [0.1, 0.15) is 0 Å². The Labute approximate surface area is 123 Å². The molecule has 106 valence electrons. The number of aromatic amines is 1. The zero-order valence-corrected chi connectivity index (χ0v) is 12.4. The molecule has 1 saturated heterocycles. The van der Waals surface area contributed by atoms with E-state index in [0.29, 0.717) is 10.7 Å². The topological polar surface area (TPSA) is 49.7 Å². The van der Waals surface area contributed by atoms with Gasteiger partial charge in [-0.05, 0) is 56.7 Å². The average Bonchev–Trinajstić information content (AvgIpc) is 2.81. The van der Waals surface area contributed by atoms with Crippen LogP contribution in [0.3, 0.4) is 0 Å². The molecule has 0 aromatic carbocycles. The van der Waals surface area contributed by atoms with Crippen LogP contribution in [0, 0.1) is 10.7 Å². The van der Waals surface area contributed by atoms with E-state index in [4.69, 9.17) is 12.2 Å². The number of hydrogen-bond donors (Lipinski definition) is 1. The Morgan fingerprint density at radius 3 is 2.95 bits per heavy atom. The Morgan fingerprint density at radius 1 is 1.40 bits per heavy atom. The van der Waals surface area contributed by atoms with Crippen LogP contribution >= 0.6 is 12.2 Å². The monoisotopic (exact) mass is 289 g/mol. The molecule has 20 heavy (non-hydrogen) atoms. The standard InChI is InChI=1S/C14H19N5S/c1-18-8-2-3-11(9-18)10-19-13(16-17-14(19)20)12-4-6-15-7-5-12/h4-7,11H,2-3,8-10H2,1H3,(H,17,20). The van der Waals surface area contributed by atoms with Crippen LogP contribution in [0.25, 0.3) is 11.4 Å². The summed E-state index contributed by atoms with van der Waals surface area (Å²) in [4.78, 5) is 6.45. The van der Waals surface area contributed by atoms with Gasteiger partial charge in [-0.3, -0.25) is 14.6 Å². The van der Waals surface area contributed by atoms with Crippen LogP contribution in [-0.2, 0) is 6.54 Å². The molecule has 5 nitrogen and oxygen atoms in total. The summed E-state index contributed by atoms with van der Waals surface area (Å²) in [5.41, 5.74) is 1.05.